The van der Waals surface area contributed by atoms with Gasteiger partial charge in [0.25, 0.3) is 0 Å². The first-order valence-electron chi connectivity index (χ1n) is 6.22. The van der Waals surface area contributed by atoms with Crippen molar-refractivity contribution in [2.45, 2.75) is 25.0 Å². The molecule has 2 rings (SSSR count). The summed E-state index contributed by atoms with van der Waals surface area (Å²) < 4.78 is 23.5. The standard InChI is InChI=1S/C11H22N2O2S/c1-10-7-12-4-5-13(8-10)9-11-3-2-6-16(11,14)15/h10-12H,2-9H2,1H3. The van der Waals surface area contributed by atoms with Gasteiger partial charge in [-0.25, -0.2) is 8.42 Å². The lowest BCUT2D eigenvalue weighted by atomic mass is 10.1. The van der Waals surface area contributed by atoms with Crippen LogP contribution in [-0.4, -0.2) is 57.0 Å². The van der Waals surface area contributed by atoms with Crippen LogP contribution < -0.4 is 5.32 Å². The molecular weight excluding hydrogens is 224 g/mol. The average Bonchev–Trinajstić information content (AvgIpc) is 2.43. The van der Waals surface area contributed by atoms with Gasteiger partial charge in [-0.05, 0) is 25.3 Å². The quantitative estimate of drug-likeness (QED) is 0.751. The molecule has 2 aliphatic rings. The van der Waals surface area contributed by atoms with Gasteiger partial charge in [0, 0.05) is 26.2 Å². The van der Waals surface area contributed by atoms with Crippen molar-refractivity contribution in [2.75, 3.05) is 38.5 Å². The molecule has 2 aliphatic heterocycles. The molecule has 0 aromatic carbocycles. The van der Waals surface area contributed by atoms with E-state index in [0.29, 0.717) is 11.7 Å². The third-order valence-corrected chi connectivity index (χ3v) is 5.85. The number of rotatable bonds is 2. The number of hydrogen-bond acceptors (Lipinski definition) is 4. The lowest BCUT2D eigenvalue weighted by Crippen LogP contribution is -2.38. The van der Waals surface area contributed by atoms with Gasteiger partial charge in [-0.3, -0.25) is 0 Å². The summed E-state index contributed by atoms with van der Waals surface area (Å²) in [5.41, 5.74) is 0. The molecule has 0 aromatic heterocycles. The Morgan fingerprint density at radius 3 is 2.94 bits per heavy atom. The van der Waals surface area contributed by atoms with Gasteiger partial charge >= 0.3 is 0 Å². The Morgan fingerprint density at radius 2 is 2.25 bits per heavy atom. The molecule has 0 saturated carbocycles. The highest BCUT2D eigenvalue weighted by Gasteiger charge is 2.33. The summed E-state index contributed by atoms with van der Waals surface area (Å²) in [7, 11) is -2.78. The van der Waals surface area contributed by atoms with E-state index in [2.05, 4.69) is 17.1 Å². The molecule has 5 heteroatoms. The summed E-state index contributed by atoms with van der Waals surface area (Å²) >= 11 is 0. The largest absolute Gasteiger partial charge is 0.315 e. The van der Waals surface area contributed by atoms with Gasteiger partial charge in [-0.2, -0.15) is 0 Å². The third-order valence-electron chi connectivity index (χ3n) is 3.59. The maximum atomic E-state index is 11.8. The molecule has 0 aromatic rings. The zero-order valence-corrected chi connectivity index (χ0v) is 10.8. The van der Waals surface area contributed by atoms with Crippen molar-refractivity contribution in [1.29, 1.82) is 0 Å². The second-order valence-electron chi connectivity index (χ2n) is 5.20. The molecule has 2 saturated heterocycles. The van der Waals surface area contributed by atoms with Crippen LogP contribution in [0.1, 0.15) is 19.8 Å². The van der Waals surface area contributed by atoms with Crippen LogP contribution in [0.15, 0.2) is 0 Å². The molecule has 0 spiro atoms. The molecule has 2 atom stereocenters. The van der Waals surface area contributed by atoms with Gasteiger partial charge in [0.15, 0.2) is 9.84 Å². The molecule has 2 unspecified atom stereocenters. The van der Waals surface area contributed by atoms with Crippen LogP contribution >= 0.6 is 0 Å². The molecule has 0 amide bonds. The second kappa shape index (κ2) is 5.02. The summed E-state index contributed by atoms with van der Waals surface area (Å²) in [6.45, 7) is 7.00. The summed E-state index contributed by atoms with van der Waals surface area (Å²) in [5.74, 6) is 1.02. The number of hydrogen-bond donors (Lipinski definition) is 1. The first-order valence-corrected chi connectivity index (χ1v) is 7.94. The Kier molecular flexibility index (Phi) is 3.87. The van der Waals surface area contributed by atoms with E-state index in [0.717, 1.165) is 45.6 Å². The normalized spacial score (nSPS) is 36.1. The first kappa shape index (κ1) is 12.3. The Balaban J connectivity index is 1.93. The van der Waals surface area contributed by atoms with Gasteiger partial charge < -0.3 is 10.2 Å². The minimum Gasteiger partial charge on any atom is -0.315 e. The van der Waals surface area contributed by atoms with E-state index >= 15 is 0 Å². The molecule has 0 aliphatic carbocycles. The van der Waals surface area contributed by atoms with Crippen molar-refractivity contribution in [3.8, 4) is 0 Å². The van der Waals surface area contributed by atoms with Crippen molar-refractivity contribution in [1.82, 2.24) is 10.2 Å². The second-order valence-corrected chi connectivity index (χ2v) is 7.60. The summed E-state index contributed by atoms with van der Waals surface area (Å²) in [6, 6.07) is 0. The highest BCUT2D eigenvalue weighted by atomic mass is 32.2. The molecule has 16 heavy (non-hydrogen) atoms. The molecule has 1 N–H and O–H groups in total. The van der Waals surface area contributed by atoms with Crippen molar-refractivity contribution in [3.05, 3.63) is 0 Å². The van der Waals surface area contributed by atoms with Gasteiger partial charge in [0.05, 0.1) is 11.0 Å². The van der Waals surface area contributed by atoms with E-state index in [-0.39, 0.29) is 5.25 Å². The Hall–Kier alpha value is -0.130. The Morgan fingerprint density at radius 1 is 1.44 bits per heavy atom. The topological polar surface area (TPSA) is 49.4 Å². The molecule has 0 radical (unpaired) electrons. The molecule has 0 bridgehead atoms. The monoisotopic (exact) mass is 246 g/mol. The van der Waals surface area contributed by atoms with Crippen LogP contribution in [0.3, 0.4) is 0 Å². The van der Waals surface area contributed by atoms with E-state index < -0.39 is 9.84 Å². The molecular formula is C11H22N2O2S. The fraction of sp³-hybridized carbons (Fsp3) is 1.00. The van der Waals surface area contributed by atoms with E-state index in [4.69, 9.17) is 0 Å². The zero-order chi connectivity index (χ0) is 11.6. The fourth-order valence-electron chi connectivity index (χ4n) is 2.70. The Labute approximate surface area is 98.3 Å². The van der Waals surface area contributed by atoms with Crippen molar-refractivity contribution in [2.24, 2.45) is 5.92 Å². The lowest BCUT2D eigenvalue weighted by Gasteiger charge is -2.24. The number of sulfone groups is 1. The third kappa shape index (κ3) is 2.96. The molecule has 94 valence electrons. The maximum absolute atomic E-state index is 11.8. The minimum atomic E-state index is -2.78. The van der Waals surface area contributed by atoms with E-state index in [1.54, 1.807) is 0 Å². The van der Waals surface area contributed by atoms with Crippen LogP contribution in [0.2, 0.25) is 0 Å². The van der Waals surface area contributed by atoms with Crippen molar-refractivity contribution >= 4 is 9.84 Å². The Bertz CT molecular complexity index is 329. The lowest BCUT2D eigenvalue weighted by molar-refractivity contribution is 0.262. The molecule has 2 fully saturated rings. The van der Waals surface area contributed by atoms with E-state index in [1.807, 2.05) is 0 Å². The minimum absolute atomic E-state index is 0.0993. The van der Waals surface area contributed by atoms with E-state index in [9.17, 15) is 8.42 Å². The van der Waals surface area contributed by atoms with Crippen LogP contribution in [-0.2, 0) is 9.84 Å². The van der Waals surface area contributed by atoms with Gasteiger partial charge in [-0.15, -0.1) is 0 Å². The van der Waals surface area contributed by atoms with Gasteiger partial charge in [0.2, 0.25) is 0 Å². The number of nitrogens with one attached hydrogen (secondary N) is 1. The maximum Gasteiger partial charge on any atom is 0.154 e. The SMILES string of the molecule is CC1CNCCN(CC2CCCS2(=O)=O)C1. The van der Waals surface area contributed by atoms with Crippen LogP contribution in [0.4, 0.5) is 0 Å². The van der Waals surface area contributed by atoms with E-state index in [1.165, 1.54) is 0 Å². The van der Waals surface area contributed by atoms with Crippen LogP contribution in [0.5, 0.6) is 0 Å². The molecule has 4 nitrogen and oxygen atoms in total. The smallest absolute Gasteiger partial charge is 0.154 e. The summed E-state index contributed by atoms with van der Waals surface area (Å²) in [5, 5.41) is 3.28. The first-order chi connectivity index (χ1) is 7.58. The van der Waals surface area contributed by atoms with Gasteiger partial charge in [-0.1, -0.05) is 6.92 Å². The predicted molar refractivity (Wildman–Crippen MR) is 65.3 cm³/mol. The summed E-state index contributed by atoms with van der Waals surface area (Å²) in [4.78, 5) is 2.32. The highest BCUT2D eigenvalue weighted by Crippen LogP contribution is 2.21. The van der Waals surface area contributed by atoms with Crippen molar-refractivity contribution < 1.29 is 8.42 Å². The fourth-order valence-corrected chi connectivity index (χ4v) is 4.57. The highest BCUT2D eigenvalue weighted by molar-refractivity contribution is 7.92. The zero-order valence-electron chi connectivity index (χ0n) is 9.98. The van der Waals surface area contributed by atoms with Crippen LogP contribution in [0.25, 0.3) is 0 Å². The van der Waals surface area contributed by atoms with Crippen LogP contribution in [0, 0.1) is 5.92 Å². The predicted octanol–water partition coefficient (Wildman–Crippen LogP) is 0.105. The van der Waals surface area contributed by atoms with Gasteiger partial charge in [0.1, 0.15) is 0 Å². The number of nitrogens with zero attached hydrogens (tertiary/aromatic N) is 1. The summed E-state index contributed by atoms with van der Waals surface area (Å²) in [6.07, 6.45) is 1.72. The van der Waals surface area contributed by atoms with Crippen molar-refractivity contribution in [3.63, 3.8) is 0 Å². The molecule has 2 heterocycles. The average molecular weight is 246 g/mol.